The quantitative estimate of drug-likeness (QED) is 0.422. The van der Waals surface area contributed by atoms with Crippen molar-refractivity contribution in [2.45, 2.75) is 6.92 Å². The van der Waals surface area contributed by atoms with Gasteiger partial charge in [0.2, 0.25) is 17.6 Å². The van der Waals surface area contributed by atoms with E-state index in [9.17, 15) is 0 Å². The molecule has 5 aromatic rings. The molecule has 5 heterocycles. The van der Waals surface area contributed by atoms with Gasteiger partial charge in [0.05, 0.1) is 14.2 Å². The number of ether oxygens (including phenoxy) is 2. The highest BCUT2D eigenvalue weighted by Gasteiger charge is 2.19. The first-order chi connectivity index (χ1) is 16.1. The molecule has 0 spiro atoms. The summed E-state index contributed by atoms with van der Waals surface area (Å²) in [6.07, 6.45) is 8.66. The van der Waals surface area contributed by atoms with Crippen LogP contribution in [0.25, 0.3) is 28.3 Å². The van der Waals surface area contributed by atoms with Gasteiger partial charge in [0.1, 0.15) is 17.7 Å². The topological polar surface area (TPSA) is 117 Å². The van der Waals surface area contributed by atoms with Gasteiger partial charge >= 0.3 is 0 Å². The standard InChI is InChI=1S/C22H21N9O2/c1-13-15(14-5-6-23-17(9-14)32-3)11-31-19(13)20(27-16-10-18(33-4)26-12-25-16)28-21(29-31)22-24-7-8-30(22)2/h5-12H,1-4H3,(H,25,26,27,28,29). The van der Waals surface area contributed by atoms with Crippen LogP contribution in [0.2, 0.25) is 0 Å². The van der Waals surface area contributed by atoms with Crippen LogP contribution < -0.4 is 14.8 Å². The third-order valence-corrected chi connectivity index (χ3v) is 5.26. The van der Waals surface area contributed by atoms with E-state index in [1.807, 2.05) is 43.1 Å². The number of methoxy groups -OCH3 is 2. The fraction of sp³-hybridized carbons (Fsp3) is 0.182. The molecule has 0 unspecified atom stereocenters. The first kappa shape index (κ1) is 20.4. The lowest BCUT2D eigenvalue weighted by Crippen LogP contribution is -2.07. The zero-order valence-corrected chi connectivity index (χ0v) is 18.5. The second-order valence-electron chi connectivity index (χ2n) is 7.26. The molecule has 0 amide bonds. The Balaban J connectivity index is 1.71. The molecule has 0 bridgehead atoms. The summed E-state index contributed by atoms with van der Waals surface area (Å²) in [4.78, 5) is 21.8. The lowest BCUT2D eigenvalue weighted by Gasteiger charge is -2.10. The second kappa shape index (κ2) is 8.19. The van der Waals surface area contributed by atoms with Crippen molar-refractivity contribution in [2.75, 3.05) is 19.5 Å². The monoisotopic (exact) mass is 443 g/mol. The summed E-state index contributed by atoms with van der Waals surface area (Å²) in [6, 6.07) is 5.52. The maximum atomic E-state index is 5.30. The van der Waals surface area contributed by atoms with Gasteiger partial charge in [0.25, 0.3) is 0 Å². The van der Waals surface area contributed by atoms with Crippen LogP contribution in [0.3, 0.4) is 0 Å². The van der Waals surface area contributed by atoms with E-state index in [4.69, 9.17) is 19.6 Å². The lowest BCUT2D eigenvalue weighted by molar-refractivity contribution is 0.397. The van der Waals surface area contributed by atoms with Crippen molar-refractivity contribution in [3.8, 4) is 34.5 Å². The molecule has 0 aromatic carbocycles. The molecule has 5 rings (SSSR count). The van der Waals surface area contributed by atoms with Crippen molar-refractivity contribution in [2.24, 2.45) is 7.05 Å². The van der Waals surface area contributed by atoms with Crippen LogP contribution in [-0.2, 0) is 7.05 Å². The van der Waals surface area contributed by atoms with Gasteiger partial charge < -0.3 is 19.4 Å². The molecule has 0 saturated heterocycles. The van der Waals surface area contributed by atoms with Gasteiger partial charge in [0, 0.05) is 49.5 Å². The van der Waals surface area contributed by atoms with Crippen LogP contribution in [0.1, 0.15) is 5.56 Å². The summed E-state index contributed by atoms with van der Waals surface area (Å²) >= 11 is 0. The first-order valence-corrected chi connectivity index (χ1v) is 10.1. The Labute approximate surface area is 189 Å². The molecule has 0 radical (unpaired) electrons. The number of hydrogen-bond acceptors (Lipinski definition) is 9. The van der Waals surface area contributed by atoms with Gasteiger partial charge in [0.15, 0.2) is 11.6 Å². The summed E-state index contributed by atoms with van der Waals surface area (Å²) in [6.45, 7) is 2.02. The molecule has 1 N–H and O–H groups in total. The maximum Gasteiger partial charge on any atom is 0.218 e. The minimum Gasteiger partial charge on any atom is -0.481 e. The number of nitrogens with one attached hydrogen (secondary N) is 1. The van der Waals surface area contributed by atoms with Gasteiger partial charge in [-0.2, -0.15) is 0 Å². The van der Waals surface area contributed by atoms with Gasteiger partial charge in [-0.15, -0.1) is 5.10 Å². The van der Waals surface area contributed by atoms with Crippen LogP contribution in [0.15, 0.2) is 49.3 Å². The number of anilines is 2. The molecule has 11 nitrogen and oxygen atoms in total. The fourth-order valence-corrected chi connectivity index (χ4v) is 3.61. The second-order valence-corrected chi connectivity index (χ2v) is 7.26. The minimum atomic E-state index is 0.443. The number of hydrogen-bond donors (Lipinski definition) is 1. The lowest BCUT2D eigenvalue weighted by atomic mass is 10.1. The molecule has 5 aromatic heterocycles. The van der Waals surface area contributed by atoms with Crippen molar-refractivity contribution in [1.82, 2.24) is 39.1 Å². The summed E-state index contributed by atoms with van der Waals surface area (Å²) < 4.78 is 14.2. The van der Waals surface area contributed by atoms with E-state index in [1.165, 1.54) is 6.33 Å². The summed E-state index contributed by atoms with van der Waals surface area (Å²) in [5.74, 6) is 3.20. The summed E-state index contributed by atoms with van der Waals surface area (Å²) in [5.41, 5.74) is 3.72. The van der Waals surface area contributed by atoms with E-state index in [-0.39, 0.29) is 0 Å². The Morgan fingerprint density at radius 2 is 1.79 bits per heavy atom. The van der Waals surface area contributed by atoms with E-state index in [0.29, 0.717) is 35.0 Å². The van der Waals surface area contributed by atoms with Crippen molar-refractivity contribution in [3.63, 3.8) is 0 Å². The molecule has 33 heavy (non-hydrogen) atoms. The Hall–Kier alpha value is -4.54. The predicted molar refractivity (Wildman–Crippen MR) is 122 cm³/mol. The molecule has 0 saturated carbocycles. The molecule has 0 aliphatic rings. The van der Waals surface area contributed by atoms with Crippen LogP contribution in [-0.4, -0.2) is 53.3 Å². The average molecular weight is 443 g/mol. The highest BCUT2D eigenvalue weighted by Crippen LogP contribution is 2.33. The average Bonchev–Trinajstić information content (AvgIpc) is 3.42. The molecular formula is C22H21N9O2. The number of imidazole rings is 1. The number of rotatable bonds is 6. The van der Waals surface area contributed by atoms with E-state index in [1.54, 1.807) is 37.2 Å². The zero-order chi connectivity index (χ0) is 22.9. The fourth-order valence-electron chi connectivity index (χ4n) is 3.61. The van der Waals surface area contributed by atoms with Gasteiger partial charge in [-0.25, -0.2) is 29.4 Å². The SMILES string of the molecule is COc1cc(-c2cn3nc(-c4nccn4C)nc(Nc4cc(OC)ncn4)c3c2C)ccn1. The Morgan fingerprint density at radius 3 is 2.55 bits per heavy atom. The molecule has 0 atom stereocenters. The number of pyridine rings is 1. The normalized spacial score (nSPS) is 11.0. The van der Waals surface area contributed by atoms with Gasteiger partial charge in [-0.05, 0) is 24.1 Å². The minimum absolute atomic E-state index is 0.443. The highest BCUT2D eigenvalue weighted by atomic mass is 16.5. The van der Waals surface area contributed by atoms with Crippen molar-refractivity contribution in [3.05, 3.63) is 54.9 Å². The van der Waals surface area contributed by atoms with Gasteiger partial charge in [-0.1, -0.05) is 0 Å². The molecule has 166 valence electrons. The molecule has 0 aliphatic carbocycles. The van der Waals surface area contributed by atoms with E-state index < -0.39 is 0 Å². The van der Waals surface area contributed by atoms with Crippen LogP contribution >= 0.6 is 0 Å². The molecular weight excluding hydrogens is 422 g/mol. The number of nitrogens with zero attached hydrogens (tertiary/aromatic N) is 8. The van der Waals surface area contributed by atoms with E-state index in [0.717, 1.165) is 22.2 Å². The van der Waals surface area contributed by atoms with Crippen LogP contribution in [0.4, 0.5) is 11.6 Å². The maximum absolute atomic E-state index is 5.30. The Morgan fingerprint density at radius 1 is 0.970 bits per heavy atom. The zero-order valence-electron chi connectivity index (χ0n) is 18.5. The molecule has 0 fully saturated rings. The van der Waals surface area contributed by atoms with Crippen LogP contribution in [0, 0.1) is 6.92 Å². The number of aromatic nitrogens is 8. The summed E-state index contributed by atoms with van der Waals surface area (Å²) in [5, 5.41) is 8.04. The first-order valence-electron chi connectivity index (χ1n) is 10.1. The van der Waals surface area contributed by atoms with Crippen molar-refractivity contribution < 1.29 is 9.47 Å². The van der Waals surface area contributed by atoms with Crippen LogP contribution in [0.5, 0.6) is 11.8 Å². The Bertz CT molecular complexity index is 1460. The smallest absolute Gasteiger partial charge is 0.218 e. The number of aryl methyl sites for hydroxylation is 2. The molecule has 11 heteroatoms. The van der Waals surface area contributed by atoms with Gasteiger partial charge in [-0.3, -0.25) is 0 Å². The third-order valence-electron chi connectivity index (χ3n) is 5.26. The summed E-state index contributed by atoms with van der Waals surface area (Å²) in [7, 11) is 5.05. The third kappa shape index (κ3) is 3.69. The van der Waals surface area contributed by atoms with E-state index in [2.05, 4.69) is 25.3 Å². The van der Waals surface area contributed by atoms with Crippen molar-refractivity contribution in [1.29, 1.82) is 0 Å². The van der Waals surface area contributed by atoms with E-state index >= 15 is 0 Å². The molecule has 0 aliphatic heterocycles. The largest absolute Gasteiger partial charge is 0.481 e. The highest BCUT2D eigenvalue weighted by molar-refractivity contribution is 5.85. The number of fused-ring (bicyclic) bond motifs is 1. The Kier molecular flexibility index (Phi) is 5.05. The van der Waals surface area contributed by atoms with Crippen molar-refractivity contribution >= 4 is 17.2 Å². The predicted octanol–water partition coefficient (Wildman–Crippen LogP) is 3.05.